The van der Waals surface area contributed by atoms with Crippen LogP contribution in [0.4, 0.5) is 18.0 Å². The first-order valence-electron chi connectivity index (χ1n) is 7.71. The smallest absolute Gasteiger partial charge is 0.410 e. The number of rotatable bonds is 5. The minimum atomic E-state index is -4.14. The second-order valence-corrected chi connectivity index (χ2v) is 7.61. The highest BCUT2D eigenvalue weighted by Gasteiger charge is 2.37. The van der Waals surface area contributed by atoms with E-state index in [1.54, 1.807) is 4.90 Å². The SMILES string of the molecule is CC(C)(C)OC(=O)N1CCC(CI)(OCCCC(F)(F)F)CC1. The number of hydrogen-bond donors (Lipinski definition) is 0. The van der Waals surface area contributed by atoms with Crippen LogP contribution < -0.4 is 0 Å². The largest absolute Gasteiger partial charge is 0.444 e. The van der Waals surface area contributed by atoms with Crippen molar-refractivity contribution in [1.29, 1.82) is 0 Å². The summed E-state index contributed by atoms with van der Waals surface area (Å²) in [5.41, 5.74) is -0.979. The minimum Gasteiger partial charge on any atom is -0.444 e. The van der Waals surface area contributed by atoms with Crippen LogP contribution in [-0.4, -0.2) is 52.5 Å². The van der Waals surface area contributed by atoms with Gasteiger partial charge in [0, 0.05) is 30.5 Å². The molecule has 1 heterocycles. The van der Waals surface area contributed by atoms with Crippen molar-refractivity contribution >= 4 is 28.7 Å². The molecule has 136 valence electrons. The van der Waals surface area contributed by atoms with Crippen molar-refractivity contribution in [2.75, 3.05) is 24.1 Å². The number of piperidine rings is 1. The third-order valence-electron chi connectivity index (χ3n) is 3.58. The maximum Gasteiger partial charge on any atom is 0.410 e. The van der Waals surface area contributed by atoms with Gasteiger partial charge in [0.1, 0.15) is 5.60 Å². The fraction of sp³-hybridized carbons (Fsp3) is 0.933. The molecule has 0 spiro atoms. The zero-order valence-corrected chi connectivity index (χ0v) is 16.0. The Balaban J connectivity index is 2.42. The Morgan fingerprint density at radius 2 is 1.78 bits per heavy atom. The van der Waals surface area contributed by atoms with Gasteiger partial charge in [-0.2, -0.15) is 13.2 Å². The Morgan fingerprint density at radius 3 is 2.22 bits per heavy atom. The van der Waals surface area contributed by atoms with Gasteiger partial charge in [0.25, 0.3) is 0 Å². The Bertz CT molecular complexity index is 388. The first-order chi connectivity index (χ1) is 10.5. The summed E-state index contributed by atoms with van der Waals surface area (Å²) in [5, 5.41) is 0. The van der Waals surface area contributed by atoms with E-state index >= 15 is 0 Å². The third kappa shape index (κ3) is 7.91. The predicted octanol–water partition coefficient (Wildman–Crippen LogP) is 4.55. The van der Waals surface area contributed by atoms with Gasteiger partial charge < -0.3 is 14.4 Å². The van der Waals surface area contributed by atoms with Crippen molar-refractivity contribution in [3.63, 3.8) is 0 Å². The van der Waals surface area contributed by atoms with Crippen LogP contribution in [0.2, 0.25) is 0 Å². The van der Waals surface area contributed by atoms with Gasteiger partial charge in [-0.3, -0.25) is 0 Å². The van der Waals surface area contributed by atoms with Crippen molar-refractivity contribution in [2.24, 2.45) is 0 Å². The van der Waals surface area contributed by atoms with Crippen LogP contribution in [0.25, 0.3) is 0 Å². The Morgan fingerprint density at radius 1 is 1.22 bits per heavy atom. The topological polar surface area (TPSA) is 38.8 Å². The van der Waals surface area contributed by atoms with Gasteiger partial charge in [-0.1, -0.05) is 22.6 Å². The number of ether oxygens (including phenoxy) is 2. The molecule has 0 unspecified atom stereocenters. The van der Waals surface area contributed by atoms with Crippen LogP contribution >= 0.6 is 22.6 Å². The Kier molecular flexibility index (Phi) is 7.43. The summed E-state index contributed by atoms with van der Waals surface area (Å²) in [6.45, 7) is 6.53. The molecular weight excluding hydrogens is 426 g/mol. The van der Waals surface area contributed by atoms with E-state index in [-0.39, 0.29) is 19.1 Å². The average molecular weight is 451 g/mol. The molecular formula is C15H25F3INO3. The fourth-order valence-corrected chi connectivity index (χ4v) is 3.28. The molecule has 1 aliphatic heterocycles. The molecule has 0 N–H and O–H groups in total. The third-order valence-corrected chi connectivity index (χ3v) is 4.97. The lowest BCUT2D eigenvalue weighted by molar-refractivity contribution is -0.142. The fourth-order valence-electron chi connectivity index (χ4n) is 2.30. The standard InChI is InChI=1S/C15H25F3INO3/c1-13(2,3)23-12(21)20-8-6-14(11-19,7-9-20)22-10-4-5-15(16,17)18/h4-11H2,1-3H3. The molecule has 1 rings (SSSR count). The highest BCUT2D eigenvalue weighted by atomic mass is 127. The molecule has 0 saturated carbocycles. The highest BCUT2D eigenvalue weighted by Crippen LogP contribution is 2.30. The van der Waals surface area contributed by atoms with Crippen LogP contribution in [-0.2, 0) is 9.47 Å². The maximum absolute atomic E-state index is 12.2. The van der Waals surface area contributed by atoms with Gasteiger partial charge in [-0.05, 0) is 40.0 Å². The molecule has 1 aliphatic rings. The number of amides is 1. The lowest BCUT2D eigenvalue weighted by Gasteiger charge is -2.41. The molecule has 1 fully saturated rings. The molecule has 1 saturated heterocycles. The van der Waals surface area contributed by atoms with Crippen LogP contribution in [0.15, 0.2) is 0 Å². The summed E-state index contributed by atoms with van der Waals surface area (Å²) in [6, 6.07) is 0. The number of nitrogens with zero attached hydrogens (tertiary/aromatic N) is 1. The quantitative estimate of drug-likeness (QED) is 0.350. The number of carbonyl (C=O) groups excluding carboxylic acids is 1. The van der Waals surface area contributed by atoms with Gasteiger partial charge >= 0.3 is 12.3 Å². The first-order valence-corrected chi connectivity index (χ1v) is 9.24. The van der Waals surface area contributed by atoms with Crippen LogP contribution in [0.5, 0.6) is 0 Å². The van der Waals surface area contributed by atoms with Crippen LogP contribution in [0.3, 0.4) is 0 Å². The van der Waals surface area contributed by atoms with Gasteiger partial charge in [-0.15, -0.1) is 0 Å². The van der Waals surface area contributed by atoms with Crippen molar-refractivity contribution in [3.8, 4) is 0 Å². The number of hydrogen-bond acceptors (Lipinski definition) is 3. The van der Waals surface area contributed by atoms with E-state index in [4.69, 9.17) is 9.47 Å². The van der Waals surface area contributed by atoms with E-state index in [9.17, 15) is 18.0 Å². The average Bonchev–Trinajstić information content (AvgIpc) is 2.41. The molecule has 0 atom stereocenters. The lowest BCUT2D eigenvalue weighted by atomic mass is 9.93. The molecule has 0 aromatic heterocycles. The molecule has 0 aromatic carbocycles. The molecule has 23 heavy (non-hydrogen) atoms. The van der Waals surface area contributed by atoms with Gasteiger partial charge in [-0.25, -0.2) is 4.79 Å². The maximum atomic E-state index is 12.2. The van der Waals surface area contributed by atoms with Crippen LogP contribution in [0, 0.1) is 0 Å². The molecule has 4 nitrogen and oxygen atoms in total. The van der Waals surface area contributed by atoms with Crippen molar-refractivity contribution in [3.05, 3.63) is 0 Å². The lowest BCUT2D eigenvalue weighted by Crippen LogP contribution is -2.50. The molecule has 1 amide bonds. The van der Waals surface area contributed by atoms with Gasteiger partial charge in [0.2, 0.25) is 0 Å². The van der Waals surface area contributed by atoms with E-state index in [2.05, 4.69) is 22.6 Å². The van der Waals surface area contributed by atoms with Crippen molar-refractivity contribution in [1.82, 2.24) is 4.90 Å². The summed E-state index contributed by atoms with van der Waals surface area (Å²) in [4.78, 5) is 13.7. The zero-order chi connectivity index (χ0) is 17.7. The summed E-state index contributed by atoms with van der Waals surface area (Å²) in [7, 11) is 0. The monoisotopic (exact) mass is 451 g/mol. The highest BCUT2D eigenvalue weighted by molar-refractivity contribution is 14.1. The van der Waals surface area contributed by atoms with E-state index in [1.807, 2.05) is 20.8 Å². The van der Waals surface area contributed by atoms with E-state index in [0.717, 1.165) is 0 Å². The molecule has 0 aliphatic carbocycles. The number of likely N-dealkylation sites (tertiary alicyclic amines) is 1. The first kappa shape index (κ1) is 20.8. The van der Waals surface area contributed by atoms with Crippen LogP contribution in [0.1, 0.15) is 46.5 Å². The predicted molar refractivity (Wildman–Crippen MR) is 89.9 cm³/mol. The molecule has 8 heteroatoms. The minimum absolute atomic E-state index is 0.0301. The number of alkyl halides is 4. The summed E-state index contributed by atoms with van der Waals surface area (Å²) in [5.74, 6) is 0. The summed E-state index contributed by atoms with van der Waals surface area (Å²) < 4.78 is 48.3. The van der Waals surface area contributed by atoms with Crippen molar-refractivity contribution < 1.29 is 27.4 Å². The van der Waals surface area contributed by atoms with Gasteiger partial charge in [0.15, 0.2) is 0 Å². The second kappa shape index (κ2) is 8.22. The Labute approximate surface area is 149 Å². The molecule has 0 bridgehead atoms. The van der Waals surface area contributed by atoms with Gasteiger partial charge in [0.05, 0.1) is 5.60 Å². The molecule has 0 radical (unpaired) electrons. The normalized spacial score (nSPS) is 18.8. The summed E-state index contributed by atoms with van der Waals surface area (Å²) >= 11 is 2.19. The number of carbonyl (C=O) groups is 1. The zero-order valence-electron chi connectivity index (χ0n) is 13.8. The van der Waals surface area contributed by atoms with E-state index in [1.165, 1.54) is 0 Å². The Hall–Kier alpha value is -0.250. The van der Waals surface area contributed by atoms with E-state index in [0.29, 0.717) is 30.4 Å². The van der Waals surface area contributed by atoms with E-state index < -0.39 is 23.8 Å². The summed E-state index contributed by atoms with van der Waals surface area (Å²) in [6.07, 6.45) is -4.12. The second-order valence-electron chi connectivity index (χ2n) is 6.85. The number of halogens is 4. The molecule has 0 aromatic rings. The van der Waals surface area contributed by atoms with Crippen molar-refractivity contribution in [2.45, 2.75) is 63.8 Å².